The minimum Gasteiger partial charge on any atom is -0.326 e. The largest absolute Gasteiger partial charge is 0.326 e. The van der Waals surface area contributed by atoms with Crippen molar-refractivity contribution in [3.8, 4) is 0 Å². The molecule has 0 bridgehead atoms. The summed E-state index contributed by atoms with van der Waals surface area (Å²) in [5.41, 5.74) is 1.57. The zero-order valence-electron chi connectivity index (χ0n) is 14.8. The van der Waals surface area contributed by atoms with Crippen LogP contribution in [0.5, 0.6) is 0 Å². The molecule has 0 aliphatic rings. The molecule has 1 heterocycles. The summed E-state index contributed by atoms with van der Waals surface area (Å²) in [7, 11) is -8.07. The van der Waals surface area contributed by atoms with Gasteiger partial charge in [-0.15, -0.1) is 0 Å². The molecule has 27 heavy (non-hydrogen) atoms. The Hall–Kier alpha value is -2.72. The molecule has 0 aliphatic carbocycles. The minimum atomic E-state index is -4.04. The van der Waals surface area contributed by atoms with Crippen molar-refractivity contribution >= 4 is 59.1 Å². The average Bonchev–Trinajstić information content (AvgIpc) is 2.49. The number of anilines is 2. The number of rotatable bonds is 4. The van der Waals surface area contributed by atoms with E-state index in [1.807, 2.05) is 6.07 Å². The molecule has 3 rings (SSSR count). The molecule has 8 nitrogen and oxygen atoms in total. The van der Waals surface area contributed by atoms with Gasteiger partial charge in [-0.3, -0.25) is 4.79 Å². The number of fused-ring (bicyclic) bond motifs is 2. The van der Waals surface area contributed by atoms with E-state index in [-0.39, 0.29) is 11.6 Å². The molecule has 2 aromatic carbocycles. The van der Waals surface area contributed by atoms with Gasteiger partial charge in [0.05, 0.1) is 29.2 Å². The van der Waals surface area contributed by atoms with E-state index < -0.39 is 20.0 Å². The summed E-state index contributed by atoms with van der Waals surface area (Å²) < 4.78 is 48.2. The van der Waals surface area contributed by atoms with E-state index in [2.05, 4.69) is 10.3 Å². The summed E-state index contributed by atoms with van der Waals surface area (Å²) >= 11 is 0. The molecule has 0 fully saturated rings. The lowest BCUT2D eigenvalue weighted by atomic mass is 10.1. The number of nitrogens with zero attached hydrogens (tertiary/aromatic N) is 2. The van der Waals surface area contributed by atoms with Crippen molar-refractivity contribution in [2.75, 3.05) is 21.5 Å². The number of aromatic nitrogens is 1. The Morgan fingerprint density at radius 3 is 2.00 bits per heavy atom. The monoisotopic (exact) mass is 407 g/mol. The Kier molecular flexibility index (Phi) is 4.56. The Bertz CT molecular complexity index is 1250. The Labute approximate surface area is 156 Å². The van der Waals surface area contributed by atoms with E-state index in [1.165, 1.54) is 19.1 Å². The predicted octanol–water partition coefficient (Wildman–Crippen LogP) is 2.07. The van der Waals surface area contributed by atoms with E-state index in [4.69, 9.17) is 0 Å². The first-order valence-electron chi connectivity index (χ1n) is 7.78. The van der Waals surface area contributed by atoms with Crippen LogP contribution in [0, 0.1) is 0 Å². The summed E-state index contributed by atoms with van der Waals surface area (Å²) in [6, 6.07) is 11.5. The van der Waals surface area contributed by atoms with Crippen molar-refractivity contribution in [1.82, 2.24) is 4.98 Å². The Morgan fingerprint density at radius 1 is 0.889 bits per heavy atom. The maximum atomic E-state index is 12.0. The molecular weight excluding hydrogens is 390 g/mol. The van der Waals surface area contributed by atoms with Crippen LogP contribution >= 0.6 is 0 Å². The third kappa shape index (κ3) is 4.01. The molecule has 0 saturated heterocycles. The van der Waals surface area contributed by atoms with Gasteiger partial charge in [-0.1, -0.05) is 12.1 Å². The predicted molar refractivity (Wildman–Crippen MR) is 106 cm³/mol. The van der Waals surface area contributed by atoms with Gasteiger partial charge in [0, 0.05) is 23.4 Å². The molecular formula is C17H17N3O5S2. The van der Waals surface area contributed by atoms with Gasteiger partial charge in [0.25, 0.3) is 0 Å². The summed E-state index contributed by atoms with van der Waals surface area (Å²) in [5, 5.41) is 4.22. The number of sulfonamides is 2. The van der Waals surface area contributed by atoms with E-state index in [1.54, 1.807) is 24.3 Å². The van der Waals surface area contributed by atoms with Gasteiger partial charge >= 0.3 is 0 Å². The number of carbonyl (C=O) groups is 1. The van der Waals surface area contributed by atoms with Gasteiger partial charge in [-0.2, -0.15) is 3.71 Å². The van der Waals surface area contributed by atoms with Crippen LogP contribution in [-0.2, 0) is 24.8 Å². The number of benzene rings is 2. The van der Waals surface area contributed by atoms with Gasteiger partial charge in [0.2, 0.25) is 26.0 Å². The number of hydrogen-bond acceptors (Lipinski definition) is 6. The third-order valence-corrected chi connectivity index (χ3v) is 6.98. The lowest BCUT2D eigenvalue weighted by molar-refractivity contribution is -0.114. The summed E-state index contributed by atoms with van der Waals surface area (Å²) in [4.78, 5) is 15.7. The maximum absolute atomic E-state index is 12.0. The maximum Gasteiger partial charge on any atom is 0.245 e. The van der Waals surface area contributed by atoms with Crippen LogP contribution in [0.2, 0.25) is 0 Å². The smallest absolute Gasteiger partial charge is 0.245 e. The highest BCUT2D eigenvalue weighted by molar-refractivity contribution is 8.09. The summed E-state index contributed by atoms with van der Waals surface area (Å²) in [6.07, 6.45) is 1.65. The molecule has 0 atom stereocenters. The summed E-state index contributed by atoms with van der Waals surface area (Å²) in [6.45, 7) is 1.40. The zero-order chi connectivity index (χ0) is 20.0. The van der Waals surface area contributed by atoms with E-state index >= 15 is 0 Å². The number of hydrogen-bond donors (Lipinski definition) is 1. The van der Waals surface area contributed by atoms with Crippen molar-refractivity contribution in [3.05, 3.63) is 42.5 Å². The van der Waals surface area contributed by atoms with Crippen molar-refractivity contribution in [2.24, 2.45) is 0 Å². The van der Waals surface area contributed by atoms with Crippen LogP contribution in [-0.4, -0.2) is 40.2 Å². The van der Waals surface area contributed by atoms with Crippen LogP contribution in [0.1, 0.15) is 6.92 Å². The van der Waals surface area contributed by atoms with E-state index in [0.717, 1.165) is 23.3 Å². The normalized spacial score (nSPS) is 12.3. The van der Waals surface area contributed by atoms with Crippen LogP contribution in [0.3, 0.4) is 0 Å². The second-order valence-electron chi connectivity index (χ2n) is 6.18. The topological polar surface area (TPSA) is 114 Å². The van der Waals surface area contributed by atoms with Crippen LogP contribution in [0.4, 0.5) is 11.4 Å². The fraction of sp³-hybridized carbons (Fsp3) is 0.176. The van der Waals surface area contributed by atoms with Crippen LogP contribution in [0.15, 0.2) is 42.5 Å². The van der Waals surface area contributed by atoms with Crippen molar-refractivity contribution in [2.45, 2.75) is 6.92 Å². The molecule has 0 radical (unpaired) electrons. The van der Waals surface area contributed by atoms with Gasteiger partial charge in [0.15, 0.2) is 0 Å². The minimum absolute atomic E-state index is 0.0163. The van der Waals surface area contributed by atoms with Crippen LogP contribution < -0.4 is 9.03 Å². The van der Waals surface area contributed by atoms with Gasteiger partial charge in [-0.05, 0) is 30.3 Å². The number of nitrogens with one attached hydrogen (secondary N) is 1. The quantitative estimate of drug-likeness (QED) is 0.663. The highest BCUT2D eigenvalue weighted by Crippen LogP contribution is 2.28. The molecule has 1 aromatic heterocycles. The van der Waals surface area contributed by atoms with E-state index in [0.29, 0.717) is 20.4 Å². The molecule has 3 aromatic rings. The first kappa shape index (κ1) is 19.1. The second-order valence-corrected chi connectivity index (χ2v) is 10.1. The van der Waals surface area contributed by atoms with Gasteiger partial charge < -0.3 is 5.32 Å². The highest BCUT2D eigenvalue weighted by atomic mass is 32.3. The SMILES string of the molecule is CC(=O)Nc1ccc2cc3ccc(N(S(C)(=O)=O)S(C)(=O)=O)cc3nc2c1. The molecule has 142 valence electrons. The molecule has 1 amide bonds. The summed E-state index contributed by atoms with van der Waals surface area (Å²) in [5.74, 6) is -0.214. The average molecular weight is 407 g/mol. The molecule has 10 heteroatoms. The van der Waals surface area contributed by atoms with Crippen molar-refractivity contribution in [3.63, 3.8) is 0 Å². The third-order valence-electron chi connectivity index (χ3n) is 3.73. The Morgan fingerprint density at radius 2 is 1.44 bits per heavy atom. The van der Waals surface area contributed by atoms with Gasteiger partial charge in [-0.25, -0.2) is 21.8 Å². The highest BCUT2D eigenvalue weighted by Gasteiger charge is 2.27. The fourth-order valence-corrected chi connectivity index (χ4v) is 5.79. The molecule has 0 aliphatic heterocycles. The standard InChI is InChI=1S/C17H17N3O5S2/c1-11(21)18-14-6-4-12-8-13-5-7-15(10-17(13)19-16(12)9-14)20(26(2,22)23)27(3,24)25/h4-10H,1-3H3,(H,18,21). The molecule has 1 N–H and O–H groups in total. The lowest BCUT2D eigenvalue weighted by Gasteiger charge is -2.20. The molecule has 0 spiro atoms. The van der Waals surface area contributed by atoms with Gasteiger partial charge in [0.1, 0.15) is 0 Å². The number of amides is 1. The number of carbonyl (C=O) groups excluding carboxylic acids is 1. The first-order chi connectivity index (χ1) is 12.4. The molecule has 0 unspecified atom stereocenters. The van der Waals surface area contributed by atoms with E-state index in [9.17, 15) is 21.6 Å². The van der Waals surface area contributed by atoms with Crippen LogP contribution in [0.25, 0.3) is 21.8 Å². The number of pyridine rings is 1. The van der Waals surface area contributed by atoms with Crippen molar-refractivity contribution < 1.29 is 21.6 Å². The fourth-order valence-electron chi connectivity index (χ4n) is 2.83. The Balaban J connectivity index is 2.21. The van der Waals surface area contributed by atoms with Crippen molar-refractivity contribution in [1.29, 1.82) is 0 Å². The first-order valence-corrected chi connectivity index (χ1v) is 11.5. The zero-order valence-corrected chi connectivity index (χ0v) is 16.4. The lowest BCUT2D eigenvalue weighted by Crippen LogP contribution is -2.35. The molecule has 0 saturated carbocycles. The second kappa shape index (κ2) is 6.46.